The fraction of sp³-hybridized carbons (Fsp3) is 0.846. The van der Waals surface area contributed by atoms with Crippen LogP contribution in [0, 0.1) is 17.8 Å². The van der Waals surface area contributed by atoms with E-state index in [2.05, 4.69) is 14.8 Å². The molecule has 1 aromatic rings. The van der Waals surface area contributed by atoms with Crippen molar-refractivity contribution in [1.29, 1.82) is 0 Å². The van der Waals surface area contributed by atoms with Crippen LogP contribution in [0.3, 0.4) is 0 Å². The first-order valence-corrected chi connectivity index (χ1v) is 7.29. The Bertz CT molecular complexity index is 418. The van der Waals surface area contributed by atoms with Crippen LogP contribution < -0.4 is 0 Å². The van der Waals surface area contributed by atoms with Gasteiger partial charge in [-0.25, -0.2) is 0 Å². The maximum atomic E-state index is 6.20. The molecule has 0 N–H and O–H groups in total. The summed E-state index contributed by atoms with van der Waals surface area (Å²) >= 11 is 6.20. The normalized spacial score (nSPS) is 24.6. The lowest BCUT2D eigenvalue weighted by atomic mass is 9.98. The average Bonchev–Trinajstić information content (AvgIpc) is 3.18. The predicted octanol–water partition coefficient (Wildman–Crippen LogP) is 3.25. The minimum Gasteiger partial charge on any atom is -0.301 e. The molecule has 0 bridgehead atoms. The summed E-state index contributed by atoms with van der Waals surface area (Å²) in [7, 11) is 0. The summed E-state index contributed by atoms with van der Waals surface area (Å²) in [5.74, 6) is 4.58. The molecule has 0 amide bonds. The standard InChI is InChI=1S/C13H18ClN3/c14-13-16-15-12(10-5-6-10)17(13)7-11(8-1-2-8)9-3-4-9/h8-11H,1-7H2. The third kappa shape index (κ3) is 1.99. The first-order valence-electron chi connectivity index (χ1n) is 6.91. The van der Waals surface area contributed by atoms with Gasteiger partial charge in [0.25, 0.3) is 0 Å². The Kier molecular flexibility index (Phi) is 2.26. The van der Waals surface area contributed by atoms with Crippen LogP contribution in [0.4, 0.5) is 0 Å². The highest BCUT2D eigenvalue weighted by molar-refractivity contribution is 6.28. The van der Waals surface area contributed by atoms with Gasteiger partial charge < -0.3 is 4.57 Å². The molecule has 1 heterocycles. The fourth-order valence-electron chi connectivity index (χ4n) is 3.05. The zero-order valence-corrected chi connectivity index (χ0v) is 10.7. The molecular formula is C13H18ClN3. The second kappa shape index (κ2) is 3.71. The molecule has 92 valence electrons. The monoisotopic (exact) mass is 251 g/mol. The topological polar surface area (TPSA) is 30.7 Å². The summed E-state index contributed by atoms with van der Waals surface area (Å²) in [5.41, 5.74) is 0. The Morgan fingerprint density at radius 1 is 1.06 bits per heavy atom. The van der Waals surface area contributed by atoms with Crippen LogP contribution in [0.2, 0.25) is 5.28 Å². The highest BCUT2D eigenvalue weighted by Crippen LogP contribution is 2.50. The first-order chi connectivity index (χ1) is 8.33. The Hall–Kier alpha value is -0.570. The number of hydrogen-bond donors (Lipinski definition) is 0. The molecule has 3 aliphatic rings. The number of rotatable bonds is 5. The zero-order chi connectivity index (χ0) is 11.4. The van der Waals surface area contributed by atoms with Crippen molar-refractivity contribution in [3.63, 3.8) is 0 Å². The average molecular weight is 252 g/mol. The van der Waals surface area contributed by atoms with Gasteiger partial charge >= 0.3 is 0 Å². The second-order valence-corrected chi connectivity index (χ2v) is 6.39. The largest absolute Gasteiger partial charge is 0.301 e. The summed E-state index contributed by atoms with van der Waals surface area (Å²) in [6, 6.07) is 0. The van der Waals surface area contributed by atoms with Gasteiger partial charge in [0.15, 0.2) is 0 Å². The van der Waals surface area contributed by atoms with Gasteiger partial charge in [-0.2, -0.15) is 0 Å². The number of aromatic nitrogens is 3. The molecule has 3 nitrogen and oxygen atoms in total. The molecule has 0 aliphatic heterocycles. The van der Waals surface area contributed by atoms with Crippen molar-refractivity contribution < 1.29 is 0 Å². The van der Waals surface area contributed by atoms with Gasteiger partial charge in [-0.05, 0) is 67.9 Å². The second-order valence-electron chi connectivity index (χ2n) is 6.05. The molecule has 3 saturated carbocycles. The zero-order valence-electron chi connectivity index (χ0n) is 9.98. The minimum atomic E-state index is 0.609. The highest BCUT2D eigenvalue weighted by Gasteiger charge is 2.42. The Morgan fingerprint density at radius 3 is 2.24 bits per heavy atom. The van der Waals surface area contributed by atoms with Crippen LogP contribution in [0.5, 0.6) is 0 Å². The van der Waals surface area contributed by atoms with E-state index >= 15 is 0 Å². The maximum Gasteiger partial charge on any atom is 0.225 e. The highest BCUT2D eigenvalue weighted by atomic mass is 35.5. The summed E-state index contributed by atoms with van der Waals surface area (Å²) in [5, 5.41) is 8.95. The Balaban J connectivity index is 1.58. The molecule has 0 spiro atoms. The fourth-order valence-corrected chi connectivity index (χ4v) is 3.24. The quantitative estimate of drug-likeness (QED) is 0.804. The molecule has 0 unspecified atom stereocenters. The molecule has 17 heavy (non-hydrogen) atoms. The smallest absolute Gasteiger partial charge is 0.225 e. The maximum absolute atomic E-state index is 6.20. The summed E-state index contributed by atoms with van der Waals surface area (Å²) in [6.45, 7) is 1.08. The van der Waals surface area contributed by atoms with Crippen molar-refractivity contribution >= 4 is 11.6 Å². The van der Waals surface area contributed by atoms with Crippen molar-refractivity contribution in [2.24, 2.45) is 17.8 Å². The molecule has 1 aromatic heterocycles. The van der Waals surface area contributed by atoms with Crippen LogP contribution >= 0.6 is 11.6 Å². The van der Waals surface area contributed by atoms with E-state index in [1.807, 2.05) is 0 Å². The van der Waals surface area contributed by atoms with Crippen LogP contribution in [0.1, 0.15) is 50.3 Å². The number of halogens is 1. The van der Waals surface area contributed by atoms with E-state index in [1.54, 1.807) is 0 Å². The van der Waals surface area contributed by atoms with Gasteiger partial charge in [-0.1, -0.05) is 0 Å². The number of nitrogens with zero attached hydrogens (tertiary/aromatic N) is 3. The first kappa shape index (κ1) is 10.4. The van der Waals surface area contributed by atoms with E-state index < -0.39 is 0 Å². The van der Waals surface area contributed by atoms with Gasteiger partial charge in [-0.3, -0.25) is 0 Å². The van der Waals surface area contributed by atoms with Crippen LogP contribution in [0.15, 0.2) is 0 Å². The summed E-state index contributed by atoms with van der Waals surface area (Å²) in [6.07, 6.45) is 8.26. The van der Waals surface area contributed by atoms with Gasteiger partial charge in [0, 0.05) is 12.5 Å². The van der Waals surface area contributed by atoms with Crippen molar-refractivity contribution in [3.8, 4) is 0 Å². The van der Waals surface area contributed by atoms with Gasteiger partial charge in [0.2, 0.25) is 5.28 Å². The molecule has 4 heteroatoms. The Labute approximate surface area is 107 Å². The van der Waals surface area contributed by atoms with Crippen molar-refractivity contribution in [2.75, 3.05) is 0 Å². The van der Waals surface area contributed by atoms with Crippen LogP contribution in [-0.4, -0.2) is 14.8 Å². The molecule has 4 rings (SSSR count). The molecule has 0 atom stereocenters. The van der Waals surface area contributed by atoms with Gasteiger partial charge in [0.1, 0.15) is 5.82 Å². The lowest BCUT2D eigenvalue weighted by Crippen LogP contribution is -2.17. The van der Waals surface area contributed by atoms with Gasteiger partial charge in [0.05, 0.1) is 0 Å². The lowest BCUT2D eigenvalue weighted by molar-refractivity contribution is 0.344. The van der Waals surface area contributed by atoms with E-state index in [1.165, 1.54) is 38.5 Å². The summed E-state index contributed by atoms with van der Waals surface area (Å²) < 4.78 is 2.21. The van der Waals surface area contributed by atoms with E-state index in [0.29, 0.717) is 11.2 Å². The SMILES string of the molecule is Clc1nnc(C2CC2)n1CC(C1CC1)C1CC1. The summed E-state index contributed by atoms with van der Waals surface area (Å²) in [4.78, 5) is 0. The van der Waals surface area contributed by atoms with Gasteiger partial charge in [-0.15, -0.1) is 10.2 Å². The molecule has 3 fully saturated rings. The van der Waals surface area contributed by atoms with E-state index in [4.69, 9.17) is 11.6 Å². The van der Waals surface area contributed by atoms with Crippen molar-refractivity contribution in [2.45, 2.75) is 51.0 Å². The molecule has 3 aliphatic carbocycles. The molecule has 0 aromatic carbocycles. The van der Waals surface area contributed by atoms with E-state index in [9.17, 15) is 0 Å². The molecule has 0 saturated heterocycles. The minimum absolute atomic E-state index is 0.609. The third-order valence-electron chi connectivity index (χ3n) is 4.53. The predicted molar refractivity (Wildman–Crippen MR) is 65.9 cm³/mol. The molecular weight excluding hydrogens is 234 g/mol. The Morgan fingerprint density at radius 2 is 1.71 bits per heavy atom. The van der Waals surface area contributed by atoms with E-state index in [0.717, 1.165) is 30.1 Å². The lowest BCUT2D eigenvalue weighted by Gasteiger charge is -2.17. The number of hydrogen-bond acceptors (Lipinski definition) is 2. The molecule has 0 radical (unpaired) electrons. The van der Waals surface area contributed by atoms with Crippen LogP contribution in [-0.2, 0) is 6.54 Å². The van der Waals surface area contributed by atoms with E-state index in [-0.39, 0.29) is 0 Å². The van der Waals surface area contributed by atoms with Crippen LogP contribution in [0.25, 0.3) is 0 Å². The third-order valence-corrected chi connectivity index (χ3v) is 4.80. The van der Waals surface area contributed by atoms with Crippen molar-refractivity contribution in [1.82, 2.24) is 14.8 Å². The van der Waals surface area contributed by atoms with Crippen molar-refractivity contribution in [3.05, 3.63) is 11.1 Å².